The number of nitrogens with one attached hydrogen (secondary N) is 2. The molecule has 22 heavy (non-hydrogen) atoms. The largest absolute Gasteiger partial charge is 0.481 e. The Morgan fingerprint density at radius 2 is 1.77 bits per heavy atom. The van der Waals surface area contributed by atoms with Crippen molar-refractivity contribution >= 4 is 17.8 Å². The van der Waals surface area contributed by atoms with Crippen molar-refractivity contribution in [3.63, 3.8) is 0 Å². The minimum atomic E-state index is -0.980. The van der Waals surface area contributed by atoms with E-state index in [1.807, 2.05) is 20.8 Å². The van der Waals surface area contributed by atoms with E-state index in [4.69, 9.17) is 5.11 Å². The molecular weight excluding hydrogens is 284 g/mol. The maximum absolute atomic E-state index is 12.5. The van der Waals surface area contributed by atoms with Crippen LogP contribution in [0.1, 0.15) is 52.9 Å². The Hall–Kier alpha value is -1.59. The van der Waals surface area contributed by atoms with Crippen molar-refractivity contribution in [2.45, 2.75) is 58.9 Å². The number of hydrogen-bond acceptors (Lipinski definition) is 3. The summed E-state index contributed by atoms with van der Waals surface area (Å²) >= 11 is 0. The summed E-state index contributed by atoms with van der Waals surface area (Å²) in [7, 11) is 1.52. The number of rotatable bonds is 7. The van der Waals surface area contributed by atoms with Gasteiger partial charge in [-0.25, -0.2) is 0 Å². The molecule has 0 aliphatic heterocycles. The summed E-state index contributed by atoms with van der Waals surface area (Å²) in [5.41, 5.74) is -0.444. The lowest BCUT2D eigenvalue weighted by Crippen LogP contribution is -2.54. The molecule has 0 radical (unpaired) electrons. The number of carbonyl (C=O) groups excluding carboxylic acids is 2. The Bertz CT molecular complexity index is 424. The lowest BCUT2D eigenvalue weighted by molar-refractivity contribution is -0.142. The number of likely N-dealkylation sites (N-methyl/N-ethyl adjacent to an activating group) is 1. The third-order valence-corrected chi connectivity index (χ3v) is 4.30. The first-order chi connectivity index (χ1) is 10.1. The highest BCUT2D eigenvalue weighted by molar-refractivity contribution is 5.90. The molecule has 0 aromatic heterocycles. The summed E-state index contributed by atoms with van der Waals surface area (Å²) in [4.78, 5) is 35.5. The highest BCUT2D eigenvalue weighted by Gasteiger charge is 2.35. The maximum Gasteiger partial charge on any atom is 0.304 e. The third kappa shape index (κ3) is 5.31. The Morgan fingerprint density at radius 3 is 2.14 bits per heavy atom. The van der Waals surface area contributed by atoms with Gasteiger partial charge in [0, 0.05) is 13.0 Å². The van der Waals surface area contributed by atoms with Crippen LogP contribution in [-0.2, 0) is 14.4 Å². The molecule has 6 heteroatoms. The van der Waals surface area contributed by atoms with Crippen molar-refractivity contribution in [3.05, 3.63) is 0 Å². The number of carboxylic acid groups (broad SMARTS) is 1. The summed E-state index contributed by atoms with van der Waals surface area (Å²) in [5, 5.41) is 14.3. The molecule has 0 bridgehead atoms. The summed E-state index contributed by atoms with van der Waals surface area (Å²) in [6.07, 6.45) is 3.66. The molecule has 1 aliphatic rings. The smallest absolute Gasteiger partial charge is 0.304 e. The number of carbonyl (C=O) groups is 3. The Labute approximate surface area is 132 Å². The molecule has 3 N–H and O–H groups in total. The van der Waals surface area contributed by atoms with Crippen LogP contribution in [0.15, 0.2) is 0 Å². The van der Waals surface area contributed by atoms with E-state index in [1.54, 1.807) is 0 Å². The van der Waals surface area contributed by atoms with Crippen LogP contribution in [-0.4, -0.2) is 36.0 Å². The summed E-state index contributed by atoms with van der Waals surface area (Å²) in [6, 6.07) is -0.678. The van der Waals surface area contributed by atoms with Gasteiger partial charge >= 0.3 is 5.97 Å². The van der Waals surface area contributed by atoms with Crippen LogP contribution in [0.4, 0.5) is 0 Å². The zero-order valence-corrected chi connectivity index (χ0v) is 13.9. The normalized spacial score (nSPS) is 18.0. The third-order valence-electron chi connectivity index (χ3n) is 4.30. The first kappa shape index (κ1) is 18.5. The number of hydrogen-bond donors (Lipinski definition) is 3. The molecule has 0 aromatic rings. The summed E-state index contributed by atoms with van der Waals surface area (Å²) in [5.74, 6) is -1.72. The van der Waals surface area contributed by atoms with Crippen molar-refractivity contribution in [1.82, 2.24) is 10.6 Å². The second kappa shape index (κ2) is 7.61. The molecular formula is C16H28N2O4. The first-order valence-corrected chi connectivity index (χ1v) is 7.89. The van der Waals surface area contributed by atoms with Gasteiger partial charge in [-0.05, 0) is 17.8 Å². The van der Waals surface area contributed by atoms with E-state index in [0.29, 0.717) is 12.3 Å². The maximum atomic E-state index is 12.5. The fourth-order valence-electron chi connectivity index (χ4n) is 2.70. The number of aliphatic carboxylic acids is 1. The van der Waals surface area contributed by atoms with E-state index in [9.17, 15) is 14.4 Å². The monoisotopic (exact) mass is 312 g/mol. The van der Waals surface area contributed by atoms with E-state index in [1.165, 1.54) is 7.05 Å². The fourth-order valence-corrected chi connectivity index (χ4v) is 2.70. The molecule has 0 aromatic carbocycles. The zero-order valence-electron chi connectivity index (χ0n) is 13.9. The highest BCUT2D eigenvalue weighted by atomic mass is 16.4. The van der Waals surface area contributed by atoms with E-state index < -0.39 is 23.3 Å². The van der Waals surface area contributed by atoms with Gasteiger partial charge in [-0.15, -0.1) is 0 Å². The van der Waals surface area contributed by atoms with Gasteiger partial charge in [0.05, 0.1) is 6.42 Å². The van der Waals surface area contributed by atoms with Gasteiger partial charge < -0.3 is 15.7 Å². The second-order valence-electron chi connectivity index (χ2n) is 7.25. The zero-order chi connectivity index (χ0) is 16.9. The quantitative estimate of drug-likeness (QED) is 0.664. The van der Waals surface area contributed by atoms with Crippen LogP contribution in [0.5, 0.6) is 0 Å². The van der Waals surface area contributed by atoms with Crippen LogP contribution in [0.2, 0.25) is 0 Å². The Morgan fingerprint density at radius 1 is 1.18 bits per heavy atom. The number of amides is 2. The van der Waals surface area contributed by atoms with Crippen molar-refractivity contribution in [2.24, 2.45) is 17.3 Å². The van der Waals surface area contributed by atoms with Gasteiger partial charge in [-0.3, -0.25) is 14.4 Å². The van der Waals surface area contributed by atoms with Gasteiger partial charge in [-0.1, -0.05) is 40.0 Å². The first-order valence-electron chi connectivity index (χ1n) is 7.89. The number of carboxylic acids is 1. The van der Waals surface area contributed by atoms with E-state index >= 15 is 0 Å². The highest BCUT2D eigenvalue weighted by Crippen LogP contribution is 2.33. The molecule has 1 aliphatic carbocycles. The van der Waals surface area contributed by atoms with Gasteiger partial charge in [0.1, 0.15) is 6.04 Å². The van der Waals surface area contributed by atoms with Crippen LogP contribution < -0.4 is 10.6 Å². The standard InChI is InChI=1S/C16H28N2O4/c1-16(2,3)13(15(22)17-4)18-14(21)11(9-12(19)20)8-10-6-5-7-10/h10-11,13H,5-9H2,1-4H3,(H,17,22)(H,18,21)(H,19,20)/t11?,13-/m1/s1. The van der Waals surface area contributed by atoms with Crippen LogP contribution in [0.25, 0.3) is 0 Å². The SMILES string of the molecule is CNC(=O)[C@@H](NC(=O)C(CC(=O)O)CC1CCC1)C(C)(C)C. The molecule has 1 saturated carbocycles. The van der Waals surface area contributed by atoms with Crippen molar-refractivity contribution < 1.29 is 19.5 Å². The lowest BCUT2D eigenvalue weighted by Gasteiger charge is -2.33. The fraction of sp³-hybridized carbons (Fsp3) is 0.812. The van der Waals surface area contributed by atoms with Gasteiger partial charge in [-0.2, -0.15) is 0 Å². The summed E-state index contributed by atoms with van der Waals surface area (Å²) in [6.45, 7) is 5.60. The van der Waals surface area contributed by atoms with Gasteiger partial charge in [0.25, 0.3) is 0 Å². The molecule has 2 atom stereocenters. The molecule has 1 unspecified atom stereocenters. The van der Waals surface area contributed by atoms with Crippen LogP contribution in [0.3, 0.4) is 0 Å². The summed E-state index contributed by atoms with van der Waals surface area (Å²) < 4.78 is 0. The molecule has 0 heterocycles. The van der Waals surface area contributed by atoms with Crippen molar-refractivity contribution in [3.8, 4) is 0 Å². The lowest BCUT2D eigenvalue weighted by atomic mass is 9.77. The topological polar surface area (TPSA) is 95.5 Å². The molecule has 1 rings (SSSR count). The average Bonchev–Trinajstić information content (AvgIpc) is 2.35. The molecule has 2 amide bonds. The van der Waals surface area contributed by atoms with Gasteiger partial charge in [0.15, 0.2) is 0 Å². The molecule has 0 saturated heterocycles. The minimum absolute atomic E-state index is 0.188. The minimum Gasteiger partial charge on any atom is -0.481 e. The molecule has 1 fully saturated rings. The van der Waals surface area contributed by atoms with E-state index in [0.717, 1.165) is 19.3 Å². The van der Waals surface area contributed by atoms with E-state index in [-0.39, 0.29) is 18.2 Å². The predicted octanol–water partition coefficient (Wildman–Crippen LogP) is 1.54. The van der Waals surface area contributed by atoms with Crippen LogP contribution >= 0.6 is 0 Å². The predicted molar refractivity (Wildman–Crippen MR) is 83.2 cm³/mol. The van der Waals surface area contributed by atoms with Crippen molar-refractivity contribution in [2.75, 3.05) is 7.05 Å². The molecule has 6 nitrogen and oxygen atoms in total. The second-order valence-corrected chi connectivity index (χ2v) is 7.25. The van der Waals surface area contributed by atoms with Crippen LogP contribution in [0, 0.1) is 17.3 Å². The molecule has 126 valence electrons. The van der Waals surface area contributed by atoms with Crippen molar-refractivity contribution in [1.29, 1.82) is 0 Å². The Kier molecular flexibility index (Phi) is 6.38. The van der Waals surface area contributed by atoms with Gasteiger partial charge in [0.2, 0.25) is 11.8 Å². The Balaban J connectivity index is 2.77. The average molecular weight is 312 g/mol. The molecule has 0 spiro atoms. The van der Waals surface area contributed by atoms with E-state index in [2.05, 4.69) is 10.6 Å².